The minimum Gasteiger partial charge on any atom is -0.313 e. The smallest absolute Gasteiger partial charge is 0.0369 e. The Balaban J connectivity index is 2.25. The first-order valence-corrected chi connectivity index (χ1v) is 8.23. The SMILES string of the molecule is CNC(Cc1cc(Br)cs1)c1cccc(Br)c1C. The molecule has 1 aromatic heterocycles. The van der Waals surface area contributed by atoms with Gasteiger partial charge in [-0.25, -0.2) is 0 Å². The highest BCUT2D eigenvalue weighted by Gasteiger charge is 2.14. The molecule has 96 valence electrons. The molecule has 0 bridgehead atoms. The Morgan fingerprint density at radius 2 is 2.11 bits per heavy atom. The summed E-state index contributed by atoms with van der Waals surface area (Å²) < 4.78 is 2.34. The van der Waals surface area contributed by atoms with Crippen LogP contribution in [0.5, 0.6) is 0 Å². The van der Waals surface area contributed by atoms with Crippen LogP contribution in [0.25, 0.3) is 0 Å². The van der Waals surface area contributed by atoms with Crippen molar-refractivity contribution in [3.8, 4) is 0 Å². The monoisotopic (exact) mass is 387 g/mol. The lowest BCUT2D eigenvalue weighted by Gasteiger charge is -2.19. The van der Waals surface area contributed by atoms with Gasteiger partial charge in [-0.1, -0.05) is 28.1 Å². The first kappa shape index (κ1) is 14.3. The number of halogens is 2. The normalized spacial score (nSPS) is 12.7. The van der Waals surface area contributed by atoms with E-state index in [0.29, 0.717) is 6.04 Å². The molecule has 1 heterocycles. The average molecular weight is 389 g/mol. The second kappa shape index (κ2) is 6.33. The van der Waals surface area contributed by atoms with Crippen LogP contribution >= 0.6 is 43.2 Å². The maximum absolute atomic E-state index is 3.60. The van der Waals surface area contributed by atoms with Gasteiger partial charge in [0.2, 0.25) is 0 Å². The molecule has 1 unspecified atom stereocenters. The summed E-state index contributed by atoms with van der Waals surface area (Å²) in [6.45, 7) is 2.16. The molecule has 0 saturated carbocycles. The second-order valence-corrected chi connectivity index (χ2v) is 7.00. The molecule has 0 amide bonds. The molecule has 0 fully saturated rings. The highest BCUT2D eigenvalue weighted by atomic mass is 79.9. The highest BCUT2D eigenvalue weighted by molar-refractivity contribution is 9.10. The molecule has 0 saturated heterocycles. The third-order valence-electron chi connectivity index (χ3n) is 3.06. The van der Waals surface area contributed by atoms with Gasteiger partial charge in [0.25, 0.3) is 0 Å². The van der Waals surface area contributed by atoms with Gasteiger partial charge in [0.1, 0.15) is 0 Å². The van der Waals surface area contributed by atoms with Crippen LogP contribution in [0, 0.1) is 6.92 Å². The summed E-state index contributed by atoms with van der Waals surface area (Å²) in [5, 5.41) is 5.55. The summed E-state index contributed by atoms with van der Waals surface area (Å²) in [5.74, 6) is 0. The molecule has 4 heteroatoms. The number of nitrogens with one attached hydrogen (secondary N) is 1. The molecule has 1 atom stereocenters. The molecule has 0 aliphatic heterocycles. The molecular weight excluding hydrogens is 374 g/mol. The van der Waals surface area contributed by atoms with E-state index in [1.807, 2.05) is 7.05 Å². The first-order chi connectivity index (χ1) is 8.61. The van der Waals surface area contributed by atoms with Crippen molar-refractivity contribution in [3.63, 3.8) is 0 Å². The number of thiophene rings is 1. The zero-order chi connectivity index (χ0) is 13.1. The van der Waals surface area contributed by atoms with Crippen molar-refractivity contribution in [1.82, 2.24) is 5.32 Å². The summed E-state index contributed by atoms with van der Waals surface area (Å²) in [5.41, 5.74) is 2.67. The lowest BCUT2D eigenvalue weighted by molar-refractivity contribution is 0.593. The molecule has 1 N–H and O–H groups in total. The van der Waals surface area contributed by atoms with Crippen molar-refractivity contribution < 1.29 is 0 Å². The molecule has 0 spiro atoms. The predicted molar refractivity (Wildman–Crippen MR) is 86.4 cm³/mol. The minimum atomic E-state index is 0.355. The Morgan fingerprint density at radius 1 is 1.33 bits per heavy atom. The van der Waals surface area contributed by atoms with Crippen molar-refractivity contribution in [2.45, 2.75) is 19.4 Å². The Morgan fingerprint density at radius 3 is 2.72 bits per heavy atom. The lowest BCUT2D eigenvalue weighted by Crippen LogP contribution is -2.19. The van der Waals surface area contributed by atoms with Gasteiger partial charge in [0, 0.05) is 31.7 Å². The van der Waals surface area contributed by atoms with Crippen LogP contribution in [0.15, 0.2) is 38.6 Å². The second-order valence-electron chi connectivity index (χ2n) is 4.23. The molecule has 1 aromatic carbocycles. The maximum atomic E-state index is 3.60. The van der Waals surface area contributed by atoms with Crippen LogP contribution in [0.4, 0.5) is 0 Å². The van der Waals surface area contributed by atoms with E-state index in [4.69, 9.17) is 0 Å². The van der Waals surface area contributed by atoms with Crippen molar-refractivity contribution >= 4 is 43.2 Å². The third-order valence-corrected chi connectivity index (χ3v) is 5.64. The number of rotatable bonds is 4. The van der Waals surface area contributed by atoms with Crippen LogP contribution in [0.3, 0.4) is 0 Å². The third kappa shape index (κ3) is 3.23. The standard InChI is InChI=1S/C14H15Br2NS/c1-9-12(4-3-5-13(9)16)14(17-2)7-11-6-10(15)8-18-11/h3-6,8,14,17H,7H2,1-2H3. The van der Waals surface area contributed by atoms with Gasteiger partial charge >= 0.3 is 0 Å². The quantitative estimate of drug-likeness (QED) is 0.769. The van der Waals surface area contributed by atoms with Gasteiger partial charge < -0.3 is 5.32 Å². The molecule has 2 rings (SSSR count). The van der Waals surface area contributed by atoms with E-state index in [1.54, 1.807) is 11.3 Å². The molecule has 1 nitrogen and oxygen atoms in total. The van der Waals surface area contributed by atoms with E-state index in [9.17, 15) is 0 Å². The Labute approximate surface area is 129 Å². The average Bonchev–Trinajstić information content (AvgIpc) is 2.76. The van der Waals surface area contributed by atoms with Gasteiger partial charge in [-0.05, 0) is 53.2 Å². The van der Waals surface area contributed by atoms with Gasteiger partial charge in [-0.15, -0.1) is 11.3 Å². The van der Waals surface area contributed by atoms with E-state index in [-0.39, 0.29) is 0 Å². The highest BCUT2D eigenvalue weighted by Crippen LogP contribution is 2.29. The van der Waals surface area contributed by atoms with Crippen molar-refractivity contribution in [1.29, 1.82) is 0 Å². The van der Waals surface area contributed by atoms with Gasteiger partial charge in [0.05, 0.1) is 0 Å². The van der Waals surface area contributed by atoms with Crippen LogP contribution in [0.2, 0.25) is 0 Å². The van der Waals surface area contributed by atoms with Crippen molar-refractivity contribution in [2.75, 3.05) is 7.05 Å². The maximum Gasteiger partial charge on any atom is 0.0369 e. The number of hydrogen-bond donors (Lipinski definition) is 1. The summed E-state index contributed by atoms with van der Waals surface area (Å²) in [4.78, 5) is 1.39. The van der Waals surface area contributed by atoms with Crippen LogP contribution in [0.1, 0.15) is 22.0 Å². The van der Waals surface area contributed by atoms with E-state index in [0.717, 1.165) is 6.42 Å². The minimum absolute atomic E-state index is 0.355. The largest absolute Gasteiger partial charge is 0.313 e. The van der Waals surface area contributed by atoms with Gasteiger partial charge in [-0.3, -0.25) is 0 Å². The molecular formula is C14H15Br2NS. The number of likely N-dealkylation sites (N-methyl/N-ethyl adjacent to an activating group) is 1. The summed E-state index contributed by atoms with van der Waals surface area (Å²) in [6, 6.07) is 8.94. The molecule has 18 heavy (non-hydrogen) atoms. The molecule has 0 aliphatic carbocycles. The fourth-order valence-corrected chi connectivity index (χ4v) is 3.91. The fraction of sp³-hybridized carbons (Fsp3) is 0.286. The Hall–Kier alpha value is -0.160. The topological polar surface area (TPSA) is 12.0 Å². The summed E-state index contributed by atoms with van der Waals surface area (Å²) >= 11 is 8.91. The fourth-order valence-electron chi connectivity index (χ4n) is 2.03. The Bertz CT molecular complexity index is 536. The molecule has 0 radical (unpaired) electrons. The summed E-state index contributed by atoms with van der Waals surface area (Å²) in [6.07, 6.45) is 1.02. The van der Waals surface area contributed by atoms with Crippen LogP contribution in [-0.4, -0.2) is 7.05 Å². The van der Waals surface area contributed by atoms with Crippen molar-refractivity contribution in [2.24, 2.45) is 0 Å². The van der Waals surface area contributed by atoms with E-state index in [2.05, 4.69) is 73.7 Å². The summed E-state index contributed by atoms with van der Waals surface area (Å²) in [7, 11) is 2.02. The Kier molecular flexibility index (Phi) is 5.01. The predicted octanol–water partition coefficient (Wildman–Crippen LogP) is 5.08. The van der Waals surface area contributed by atoms with E-state index >= 15 is 0 Å². The van der Waals surface area contributed by atoms with Crippen LogP contribution in [-0.2, 0) is 6.42 Å². The number of hydrogen-bond acceptors (Lipinski definition) is 2. The van der Waals surface area contributed by atoms with Crippen LogP contribution < -0.4 is 5.32 Å². The van der Waals surface area contributed by atoms with Gasteiger partial charge in [0.15, 0.2) is 0 Å². The first-order valence-electron chi connectivity index (χ1n) is 5.77. The van der Waals surface area contributed by atoms with Gasteiger partial charge in [-0.2, -0.15) is 0 Å². The molecule has 0 aliphatic rings. The zero-order valence-electron chi connectivity index (χ0n) is 10.3. The zero-order valence-corrected chi connectivity index (χ0v) is 14.3. The lowest BCUT2D eigenvalue weighted by atomic mass is 9.98. The molecule has 2 aromatic rings. The number of benzene rings is 1. The van der Waals surface area contributed by atoms with E-state index < -0.39 is 0 Å². The van der Waals surface area contributed by atoms with Crippen molar-refractivity contribution in [3.05, 3.63) is 54.6 Å². The van der Waals surface area contributed by atoms with E-state index in [1.165, 1.54) is 24.9 Å².